The Labute approximate surface area is 196 Å². The largest absolute Gasteiger partial charge is 0.380 e. The van der Waals surface area contributed by atoms with Gasteiger partial charge in [-0.25, -0.2) is 0 Å². The van der Waals surface area contributed by atoms with E-state index in [-0.39, 0.29) is 34.8 Å². The van der Waals surface area contributed by atoms with Gasteiger partial charge in [-0.05, 0) is 43.5 Å². The highest BCUT2D eigenvalue weighted by Crippen LogP contribution is 2.42. The van der Waals surface area contributed by atoms with Crippen LogP contribution in [0.4, 0.5) is 11.5 Å². The molecule has 3 aliphatic rings. The number of carbonyl (C=O) groups excluding carboxylic acids is 2. The summed E-state index contributed by atoms with van der Waals surface area (Å²) in [5.41, 5.74) is 6.71. The third-order valence-corrected chi connectivity index (χ3v) is 7.21. The van der Waals surface area contributed by atoms with Crippen LogP contribution >= 0.6 is 11.6 Å². The molecule has 1 aromatic carbocycles. The van der Waals surface area contributed by atoms with E-state index in [1.165, 1.54) is 0 Å². The molecular weight excluding hydrogens is 444 g/mol. The number of anilines is 2. The number of likely N-dealkylation sites (tertiary alicyclic amines) is 1. The number of nitrogens with two attached hydrogens (primary N) is 1. The van der Waals surface area contributed by atoms with E-state index in [1.807, 2.05) is 4.90 Å². The normalized spacial score (nSPS) is 25.6. The van der Waals surface area contributed by atoms with Crippen molar-refractivity contribution in [3.8, 4) is 6.07 Å². The van der Waals surface area contributed by atoms with E-state index in [1.54, 1.807) is 35.1 Å². The lowest BCUT2D eigenvalue weighted by Gasteiger charge is -2.55. The molecule has 33 heavy (non-hydrogen) atoms. The number of hydrogen-bond donors (Lipinski definition) is 2. The predicted octanol–water partition coefficient (Wildman–Crippen LogP) is 2.72. The fourth-order valence-corrected chi connectivity index (χ4v) is 5.22. The Kier molecular flexibility index (Phi) is 5.51. The summed E-state index contributed by atoms with van der Waals surface area (Å²) in [5, 5.41) is 18.1. The second kappa shape index (κ2) is 8.36. The van der Waals surface area contributed by atoms with Gasteiger partial charge in [0.15, 0.2) is 5.82 Å². The van der Waals surface area contributed by atoms with Crippen LogP contribution in [-0.2, 0) is 9.53 Å². The van der Waals surface area contributed by atoms with Gasteiger partial charge in [0.25, 0.3) is 5.91 Å². The van der Waals surface area contributed by atoms with E-state index in [0.29, 0.717) is 35.8 Å². The SMILES string of the molecule is N#C[C@H]1C[C@@H](C(=O)N2CC3(COC3)C2)CC[C@@H]1n1cc(C(N)=O)c(Nc2ccc(Cl)cc2)n1. The first kappa shape index (κ1) is 21.7. The molecule has 1 aromatic heterocycles. The summed E-state index contributed by atoms with van der Waals surface area (Å²) in [5.74, 6) is -0.703. The smallest absolute Gasteiger partial charge is 0.254 e. The van der Waals surface area contributed by atoms with Gasteiger partial charge >= 0.3 is 0 Å². The Morgan fingerprint density at radius 1 is 1.24 bits per heavy atom. The first-order valence-electron chi connectivity index (χ1n) is 11.1. The number of aromatic nitrogens is 2. The molecule has 0 unspecified atom stereocenters. The van der Waals surface area contributed by atoms with Crippen molar-refractivity contribution in [3.63, 3.8) is 0 Å². The minimum Gasteiger partial charge on any atom is -0.380 e. The van der Waals surface area contributed by atoms with Gasteiger partial charge in [0.05, 0.1) is 36.7 Å². The lowest BCUT2D eigenvalue weighted by atomic mass is 9.74. The third kappa shape index (κ3) is 4.05. The van der Waals surface area contributed by atoms with Crippen molar-refractivity contribution in [2.75, 3.05) is 31.6 Å². The average molecular weight is 469 g/mol. The Balaban J connectivity index is 1.29. The van der Waals surface area contributed by atoms with Crippen molar-refractivity contribution in [2.45, 2.75) is 25.3 Å². The summed E-state index contributed by atoms with van der Waals surface area (Å²) in [6, 6.07) is 9.13. The zero-order valence-electron chi connectivity index (χ0n) is 18.0. The van der Waals surface area contributed by atoms with Crippen LogP contribution in [0.25, 0.3) is 0 Å². The van der Waals surface area contributed by atoms with Gasteiger partial charge in [-0.15, -0.1) is 0 Å². The maximum Gasteiger partial charge on any atom is 0.254 e. The average Bonchev–Trinajstić information content (AvgIpc) is 3.16. The molecule has 2 aromatic rings. The van der Waals surface area contributed by atoms with Gasteiger partial charge in [-0.3, -0.25) is 14.3 Å². The highest BCUT2D eigenvalue weighted by Gasteiger charge is 2.52. The number of benzene rings is 1. The summed E-state index contributed by atoms with van der Waals surface area (Å²) in [6.45, 7) is 2.98. The quantitative estimate of drug-likeness (QED) is 0.694. The van der Waals surface area contributed by atoms with Crippen LogP contribution in [0.5, 0.6) is 0 Å². The van der Waals surface area contributed by atoms with Crippen molar-refractivity contribution in [1.82, 2.24) is 14.7 Å². The number of amides is 2. The Morgan fingerprint density at radius 3 is 2.58 bits per heavy atom. The van der Waals surface area contributed by atoms with Gasteiger partial charge < -0.3 is 20.7 Å². The monoisotopic (exact) mass is 468 g/mol. The van der Waals surface area contributed by atoms with E-state index < -0.39 is 5.91 Å². The van der Waals surface area contributed by atoms with Gasteiger partial charge in [-0.1, -0.05) is 11.6 Å². The molecule has 172 valence electrons. The summed E-state index contributed by atoms with van der Waals surface area (Å²) < 4.78 is 6.94. The molecule has 2 amide bonds. The van der Waals surface area contributed by atoms with Crippen LogP contribution in [0.3, 0.4) is 0 Å². The van der Waals surface area contributed by atoms with E-state index in [9.17, 15) is 14.9 Å². The number of ether oxygens (including phenoxy) is 1. The van der Waals surface area contributed by atoms with Crippen molar-refractivity contribution in [2.24, 2.45) is 23.0 Å². The molecule has 3 fully saturated rings. The molecule has 10 heteroatoms. The number of nitrogens with zero attached hydrogens (tertiary/aromatic N) is 4. The molecule has 1 aliphatic carbocycles. The maximum atomic E-state index is 13.0. The number of nitriles is 1. The van der Waals surface area contributed by atoms with E-state index in [2.05, 4.69) is 16.5 Å². The summed E-state index contributed by atoms with van der Waals surface area (Å²) in [7, 11) is 0. The maximum absolute atomic E-state index is 13.0. The van der Waals surface area contributed by atoms with Gasteiger partial charge in [0.1, 0.15) is 5.56 Å². The van der Waals surface area contributed by atoms with Crippen molar-refractivity contribution in [1.29, 1.82) is 5.26 Å². The molecule has 3 N–H and O–H groups in total. The lowest BCUT2D eigenvalue weighted by molar-refractivity contribution is -0.198. The Bertz CT molecular complexity index is 1110. The van der Waals surface area contributed by atoms with E-state index >= 15 is 0 Å². The van der Waals surface area contributed by atoms with Crippen molar-refractivity contribution >= 4 is 34.9 Å². The van der Waals surface area contributed by atoms with Gasteiger partial charge in [0, 0.05) is 35.9 Å². The first-order valence-corrected chi connectivity index (χ1v) is 11.4. The van der Waals surface area contributed by atoms with E-state index in [0.717, 1.165) is 26.3 Å². The second-order valence-electron chi connectivity index (χ2n) is 9.37. The summed E-state index contributed by atoms with van der Waals surface area (Å²) in [4.78, 5) is 26.9. The topological polar surface area (TPSA) is 126 Å². The fourth-order valence-electron chi connectivity index (χ4n) is 5.09. The standard InChI is InChI=1S/C23H25ClN6O3/c24-16-2-4-17(5-3-16)27-21-18(20(26)31)9-30(28-21)19-6-1-14(7-15(19)8-25)22(32)29-10-23(11-29)12-33-13-23/h2-5,9,14-15,19H,1,6-7,10-13H2,(H2,26,31)(H,27,28)/t14-,15+,19-/m0/s1. The first-order chi connectivity index (χ1) is 15.9. The highest BCUT2D eigenvalue weighted by atomic mass is 35.5. The molecule has 1 spiro atoms. The Hall–Kier alpha value is -3.09. The fraction of sp³-hybridized carbons (Fsp3) is 0.478. The second-order valence-corrected chi connectivity index (χ2v) is 9.80. The number of nitrogens with one attached hydrogen (secondary N) is 1. The Morgan fingerprint density at radius 2 is 1.97 bits per heavy atom. The molecule has 9 nitrogen and oxygen atoms in total. The molecule has 1 saturated carbocycles. The van der Waals surface area contributed by atoms with Crippen LogP contribution in [0.15, 0.2) is 30.5 Å². The van der Waals surface area contributed by atoms with Crippen LogP contribution in [0.2, 0.25) is 5.02 Å². The summed E-state index contributed by atoms with van der Waals surface area (Å²) >= 11 is 5.94. The van der Waals surface area contributed by atoms with Crippen LogP contribution < -0.4 is 11.1 Å². The number of hydrogen-bond acceptors (Lipinski definition) is 6. The van der Waals surface area contributed by atoms with Gasteiger partial charge in [-0.2, -0.15) is 10.4 Å². The lowest BCUT2D eigenvalue weighted by Crippen LogP contribution is -2.68. The molecule has 0 bridgehead atoms. The molecule has 3 atom stereocenters. The third-order valence-electron chi connectivity index (χ3n) is 6.95. The summed E-state index contributed by atoms with van der Waals surface area (Å²) in [6.07, 6.45) is 3.36. The molecular formula is C23H25ClN6O3. The van der Waals surface area contributed by atoms with Crippen molar-refractivity contribution < 1.29 is 14.3 Å². The number of carbonyl (C=O) groups is 2. The molecule has 5 rings (SSSR count). The van der Waals surface area contributed by atoms with Gasteiger partial charge in [0.2, 0.25) is 5.91 Å². The zero-order chi connectivity index (χ0) is 23.2. The van der Waals surface area contributed by atoms with Crippen molar-refractivity contribution in [3.05, 3.63) is 41.0 Å². The van der Waals surface area contributed by atoms with Crippen LogP contribution in [0, 0.1) is 28.6 Å². The molecule has 2 aliphatic heterocycles. The molecule has 2 saturated heterocycles. The number of primary amides is 1. The van der Waals surface area contributed by atoms with Crippen LogP contribution in [0.1, 0.15) is 35.7 Å². The minimum atomic E-state index is -0.609. The van der Waals surface area contributed by atoms with E-state index in [4.69, 9.17) is 22.1 Å². The molecule has 3 heterocycles. The van der Waals surface area contributed by atoms with Crippen LogP contribution in [-0.4, -0.2) is 52.8 Å². The highest BCUT2D eigenvalue weighted by molar-refractivity contribution is 6.30. The predicted molar refractivity (Wildman–Crippen MR) is 121 cm³/mol. The zero-order valence-corrected chi connectivity index (χ0v) is 18.8. The molecule has 0 radical (unpaired) electrons. The minimum absolute atomic E-state index is 0.134. The number of halogens is 1. The number of rotatable bonds is 5.